The SMILES string of the molecule is CC(Nc1cc(Br)c(F)cc1[N+](=O)[O-])c1ccc(F)cc1. The first-order valence-electron chi connectivity index (χ1n) is 6.04. The maximum absolute atomic E-state index is 13.4. The molecule has 0 saturated heterocycles. The van der Waals surface area contributed by atoms with E-state index in [1.54, 1.807) is 19.1 Å². The number of rotatable bonds is 4. The van der Waals surface area contributed by atoms with Gasteiger partial charge in [-0.3, -0.25) is 10.1 Å². The molecule has 7 heteroatoms. The molecule has 0 aliphatic carbocycles. The van der Waals surface area contributed by atoms with Crippen LogP contribution in [-0.2, 0) is 0 Å². The van der Waals surface area contributed by atoms with Crippen molar-refractivity contribution < 1.29 is 13.7 Å². The Balaban J connectivity index is 2.32. The smallest absolute Gasteiger partial charge is 0.295 e. The van der Waals surface area contributed by atoms with Crippen molar-refractivity contribution in [3.63, 3.8) is 0 Å². The molecule has 0 fully saturated rings. The van der Waals surface area contributed by atoms with Crippen LogP contribution in [0.25, 0.3) is 0 Å². The minimum atomic E-state index is -0.707. The van der Waals surface area contributed by atoms with E-state index in [-0.39, 0.29) is 27.7 Å². The van der Waals surface area contributed by atoms with Gasteiger partial charge in [-0.25, -0.2) is 8.78 Å². The Morgan fingerprint density at radius 2 is 1.86 bits per heavy atom. The first kappa shape index (κ1) is 15.4. The summed E-state index contributed by atoms with van der Waals surface area (Å²) in [4.78, 5) is 10.3. The summed E-state index contributed by atoms with van der Waals surface area (Å²) >= 11 is 3.00. The first-order valence-corrected chi connectivity index (χ1v) is 6.83. The highest BCUT2D eigenvalue weighted by Crippen LogP contribution is 2.33. The van der Waals surface area contributed by atoms with Crippen LogP contribution in [0.3, 0.4) is 0 Å². The van der Waals surface area contributed by atoms with Crippen molar-refractivity contribution in [2.75, 3.05) is 5.32 Å². The molecule has 1 atom stereocenters. The Morgan fingerprint density at radius 3 is 2.43 bits per heavy atom. The van der Waals surface area contributed by atoms with Crippen LogP contribution in [0.2, 0.25) is 0 Å². The fourth-order valence-corrected chi connectivity index (χ4v) is 2.21. The number of benzene rings is 2. The van der Waals surface area contributed by atoms with Gasteiger partial charge in [-0.15, -0.1) is 0 Å². The summed E-state index contributed by atoms with van der Waals surface area (Å²) in [5.41, 5.74) is 0.584. The number of nitrogens with zero attached hydrogens (tertiary/aromatic N) is 1. The molecule has 0 radical (unpaired) electrons. The summed E-state index contributed by atoms with van der Waals surface area (Å²) in [5, 5.41) is 13.9. The van der Waals surface area contributed by atoms with E-state index >= 15 is 0 Å². The van der Waals surface area contributed by atoms with Gasteiger partial charge in [0.25, 0.3) is 5.69 Å². The van der Waals surface area contributed by atoms with E-state index in [1.807, 2.05) is 0 Å². The number of hydrogen-bond acceptors (Lipinski definition) is 3. The highest BCUT2D eigenvalue weighted by molar-refractivity contribution is 9.10. The van der Waals surface area contributed by atoms with Gasteiger partial charge in [-0.2, -0.15) is 0 Å². The fraction of sp³-hybridized carbons (Fsp3) is 0.143. The molecule has 0 aromatic heterocycles. The lowest BCUT2D eigenvalue weighted by molar-refractivity contribution is -0.384. The van der Waals surface area contributed by atoms with Gasteiger partial charge < -0.3 is 5.32 Å². The number of anilines is 1. The summed E-state index contributed by atoms with van der Waals surface area (Å²) in [6.45, 7) is 1.77. The minimum absolute atomic E-state index is 0.127. The van der Waals surface area contributed by atoms with Crippen LogP contribution in [0.15, 0.2) is 40.9 Å². The van der Waals surface area contributed by atoms with Crippen molar-refractivity contribution >= 4 is 27.3 Å². The summed E-state index contributed by atoms with van der Waals surface area (Å²) in [7, 11) is 0. The second-order valence-corrected chi connectivity index (χ2v) is 5.31. The van der Waals surface area contributed by atoms with Gasteiger partial charge >= 0.3 is 0 Å². The van der Waals surface area contributed by atoms with Crippen molar-refractivity contribution in [1.29, 1.82) is 0 Å². The molecular formula is C14H11BrF2N2O2. The Morgan fingerprint density at radius 1 is 1.24 bits per heavy atom. The lowest BCUT2D eigenvalue weighted by Gasteiger charge is -2.16. The van der Waals surface area contributed by atoms with Gasteiger partial charge in [0.1, 0.15) is 17.3 Å². The molecule has 0 heterocycles. The average Bonchev–Trinajstić information content (AvgIpc) is 2.43. The van der Waals surface area contributed by atoms with Crippen molar-refractivity contribution in [2.45, 2.75) is 13.0 Å². The molecule has 21 heavy (non-hydrogen) atoms. The van der Waals surface area contributed by atoms with Gasteiger partial charge in [-0.05, 0) is 46.6 Å². The maximum Gasteiger partial charge on any atom is 0.295 e. The summed E-state index contributed by atoms with van der Waals surface area (Å²) in [6.07, 6.45) is 0. The fourth-order valence-electron chi connectivity index (χ4n) is 1.87. The molecule has 1 unspecified atom stereocenters. The number of hydrogen-bond donors (Lipinski definition) is 1. The Bertz CT molecular complexity index is 677. The van der Waals surface area contributed by atoms with Crippen molar-refractivity contribution in [1.82, 2.24) is 0 Å². The highest BCUT2D eigenvalue weighted by atomic mass is 79.9. The number of nitro benzene ring substituents is 1. The molecule has 0 bridgehead atoms. The molecule has 2 aromatic rings. The molecule has 0 spiro atoms. The third-order valence-corrected chi connectivity index (χ3v) is 3.59. The normalized spacial score (nSPS) is 12.0. The molecule has 0 saturated carbocycles. The van der Waals surface area contributed by atoms with E-state index < -0.39 is 10.7 Å². The largest absolute Gasteiger partial charge is 0.373 e. The second kappa shape index (κ2) is 6.17. The summed E-state index contributed by atoms with van der Waals surface area (Å²) in [5.74, 6) is -1.07. The van der Waals surface area contributed by atoms with Crippen LogP contribution in [0.1, 0.15) is 18.5 Å². The molecule has 0 aliphatic heterocycles. The lowest BCUT2D eigenvalue weighted by Crippen LogP contribution is -2.09. The van der Waals surface area contributed by atoms with Gasteiger partial charge in [0, 0.05) is 6.04 Å². The monoisotopic (exact) mass is 356 g/mol. The standard InChI is InChI=1S/C14H11BrF2N2O2/c1-8(9-2-4-10(16)5-3-9)18-13-6-11(15)12(17)7-14(13)19(20)21/h2-8,18H,1H3. The van der Waals surface area contributed by atoms with E-state index in [4.69, 9.17) is 0 Å². The van der Waals surface area contributed by atoms with Gasteiger partial charge in [-0.1, -0.05) is 12.1 Å². The van der Waals surface area contributed by atoms with Gasteiger partial charge in [0.05, 0.1) is 15.5 Å². The van der Waals surface area contributed by atoms with Crippen molar-refractivity contribution in [2.24, 2.45) is 0 Å². The third-order valence-electron chi connectivity index (χ3n) is 2.98. The number of nitrogens with one attached hydrogen (secondary N) is 1. The van der Waals surface area contributed by atoms with Crippen LogP contribution >= 0.6 is 15.9 Å². The zero-order valence-corrected chi connectivity index (χ0v) is 12.5. The third kappa shape index (κ3) is 3.55. The van der Waals surface area contributed by atoms with E-state index in [0.29, 0.717) is 0 Å². The molecule has 2 aromatic carbocycles. The van der Waals surface area contributed by atoms with Crippen molar-refractivity contribution in [3.8, 4) is 0 Å². The second-order valence-electron chi connectivity index (χ2n) is 4.46. The molecular weight excluding hydrogens is 346 g/mol. The van der Waals surface area contributed by atoms with Crippen molar-refractivity contribution in [3.05, 3.63) is 68.2 Å². The Kier molecular flexibility index (Phi) is 4.52. The maximum atomic E-state index is 13.4. The average molecular weight is 357 g/mol. The van der Waals surface area contributed by atoms with Crippen LogP contribution in [0, 0.1) is 21.7 Å². The number of halogens is 3. The van der Waals surface area contributed by atoms with Crippen LogP contribution in [0.5, 0.6) is 0 Å². The Hall–Kier alpha value is -2.02. The highest BCUT2D eigenvalue weighted by Gasteiger charge is 2.19. The zero-order valence-electron chi connectivity index (χ0n) is 10.9. The van der Waals surface area contributed by atoms with Gasteiger partial charge in [0.15, 0.2) is 0 Å². The molecule has 2 rings (SSSR count). The molecule has 0 amide bonds. The molecule has 4 nitrogen and oxygen atoms in total. The summed E-state index contributed by atoms with van der Waals surface area (Å²) < 4.78 is 26.4. The predicted molar refractivity (Wildman–Crippen MR) is 79.2 cm³/mol. The summed E-state index contributed by atoms with van der Waals surface area (Å²) in [6, 6.07) is 7.64. The molecule has 0 aliphatic rings. The lowest BCUT2D eigenvalue weighted by atomic mass is 10.1. The quantitative estimate of drug-likeness (QED) is 0.631. The number of nitro groups is 1. The van der Waals surface area contributed by atoms with E-state index in [9.17, 15) is 18.9 Å². The van der Waals surface area contributed by atoms with E-state index in [1.165, 1.54) is 18.2 Å². The van der Waals surface area contributed by atoms with Crippen LogP contribution < -0.4 is 5.32 Å². The Labute approximate surface area is 128 Å². The molecule has 1 N–H and O–H groups in total. The predicted octanol–water partition coefficient (Wildman–Crippen LogP) is 4.81. The van der Waals surface area contributed by atoms with E-state index in [2.05, 4.69) is 21.2 Å². The van der Waals surface area contributed by atoms with Gasteiger partial charge in [0.2, 0.25) is 0 Å². The van der Waals surface area contributed by atoms with Crippen LogP contribution in [-0.4, -0.2) is 4.92 Å². The zero-order chi connectivity index (χ0) is 15.6. The van der Waals surface area contributed by atoms with E-state index in [0.717, 1.165) is 11.6 Å². The van der Waals surface area contributed by atoms with Crippen LogP contribution in [0.4, 0.5) is 20.2 Å². The first-order chi connectivity index (χ1) is 9.88. The topological polar surface area (TPSA) is 55.2 Å². The molecule has 110 valence electrons. The minimum Gasteiger partial charge on any atom is -0.373 e.